The summed E-state index contributed by atoms with van der Waals surface area (Å²) in [5.41, 5.74) is 1.67. The fourth-order valence-electron chi connectivity index (χ4n) is 5.91. The van der Waals surface area contributed by atoms with E-state index < -0.39 is 9.04 Å². The summed E-state index contributed by atoms with van der Waals surface area (Å²) in [7, 11) is -0.237. The van der Waals surface area contributed by atoms with Crippen molar-refractivity contribution in [1.82, 2.24) is 9.97 Å². The van der Waals surface area contributed by atoms with Crippen molar-refractivity contribution in [1.29, 1.82) is 0 Å². The van der Waals surface area contributed by atoms with E-state index in [-0.39, 0.29) is 22.9 Å². The Hall–Kier alpha value is -3.48. The number of methoxy groups -OCH3 is 1. The summed E-state index contributed by atoms with van der Waals surface area (Å²) in [6, 6.07) is 29.8. The first-order chi connectivity index (χ1) is 19.2. The molecule has 0 aliphatic heterocycles. The Kier molecular flexibility index (Phi) is 8.11. The highest BCUT2D eigenvalue weighted by Crippen LogP contribution is 2.61. The normalized spacial score (nSPS) is 19.3. The first-order valence-electron chi connectivity index (χ1n) is 14.0. The molecule has 208 valence electrons. The van der Waals surface area contributed by atoms with Gasteiger partial charge in [-0.1, -0.05) is 99.6 Å². The third kappa shape index (κ3) is 5.84. The fourth-order valence-corrected chi connectivity index (χ4v) is 8.65. The minimum Gasteiger partial charge on any atom is -0.496 e. The lowest BCUT2D eigenvalue weighted by Crippen LogP contribution is -2.51. The summed E-state index contributed by atoms with van der Waals surface area (Å²) in [4.78, 5) is 8.91. The molecule has 0 bridgehead atoms. The molecule has 1 aromatic heterocycles. The lowest BCUT2D eigenvalue weighted by atomic mass is 9.81. The molecule has 4 aromatic rings. The zero-order valence-electron chi connectivity index (χ0n) is 24.4. The van der Waals surface area contributed by atoms with Crippen molar-refractivity contribution in [2.24, 2.45) is 11.3 Å². The highest BCUT2D eigenvalue weighted by atomic mass is 28.3. The van der Waals surface area contributed by atoms with Crippen molar-refractivity contribution in [2.75, 3.05) is 13.7 Å². The molecule has 0 amide bonds. The first-order valence-corrected chi connectivity index (χ1v) is 15.7. The van der Waals surface area contributed by atoms with Crippen LogP contribution < -0.4 is 19.8 Å². The van der Waals surface area contributed by atoms with Crippen LogP contribution in [0, 0.1) is 25.2 Å². The monoisotopic (exact) mass is 552 g/mol. The Labute approximate surface area is 240 Å². The molecule has 6 heteroatoms. The van der Waals surface area contributed by atoms with E-state index in [0.29, 0.717) is 6.61 Å². The molecule has 3 atom stereocenters. The van der Waals surface area contributed by atoms with Crippen molar-refractivity contribution in [3.63, 3.8) is 0 Å². The van der Waals surface area contributed by atoms with Crippen molar-refractivity contribution in [3.8, 4) is 11.5 Å². The van der Waals surface area contributed by atoms with Gasteiger partial charge in [-0.25, -0.2) is 9.97 Å². The van der Waals surface area contributed by atoms with Crippen LogP contribution >= 0.6 is 0 Å². The zero-order chi connectivity index (χ0) is 28.3. The van der Waals surface area contributed by atoms with Crippen LogP contribution in [0.1, 0.15) is 44.3 Å². The number of aryl methyl sites for hydroxylation is 2. The van der Waals surface area contributed by atoms with Gasteiger partial charge in [-0.2, -0.15) is 0 Å². The fraction of sp³-hybridized carbons (Fsp3) is 0.353. The molecule has 5 nitrogen and oxygen atoms in total. The van der Waals surface area contributed by atoms with E-state index in [1.807, 2.05) is 26.0 Å². The maximum atomic E-state index is 7.37. The van der Waals surface area contributed by atoms with Crippen molar-refractivity contribution >= 4 is 19.4 Å². The number of hydrogen-bond acceptors (Lipinski definition) is 5. The predicted molar refractivity (Wildman–Crippen MR) is 163 cm³/mol. The number of nitrogens with zero attached hydrogens (tertiary/aromatic N) is 2. The van der Waals surface area contributed by atoms with Gasteiger partial charge in [0, 0.05) is 11.0 Å². The molecule has 0 N–H and O–H groups in total. The van der Waals surface area contributed by atoms with Crippen LogP contribution in [-0.2, 0) is 9.84 Å². The van der Waals surface area contributed by atoms with Gasteiger partial charge >= 0.3 is 0 Å². The van der Waals surface area contributed by atoms with Gasteiger partial charge in [0.15, 0.2) is 5.75 Å². The van der Waals surface area contributed by atoms with Gasteiger partial charge in [0.2, 0.25) is 9.04 Å². The second kappa shape index (κ2) is 11.6. The number of benzene rings is 3. The molecule has 0 spiro atoms. The Morgan fingerprint density at radius 1 is 0.875 bits per heavy atom. The third-order valence-corrected chi connectivity index (χ3v) is 10.6. The van der Waals surface area contributed by atoms with Gasteiger partial charge in [0.05, 0.1) is 31.7 Å². The van der Waals surface area contributed by atoms with Crippen LogP contribution in [-0.4, -0.2) is 38.8 Å². The van der Waals surface area contributed by atoms with Crippen LogP contribution in [0.15, 0.2) is 91.1 Å². The molecular formula is C34H40N2O3Si. The molecule has 1 aliphatic rings. The van der Waals surface area contributed by atoms with Gasteiger partial charge in [-0.3, -0.25) is 0 Å². The smallest absolute Gasteiger partial charge is 0.240 e. The largest absolute Gasteiger partial charge is 0.496 e. The van der Waals surface area contributed by atoms with E-state index in [4.69, 9.17) is 13.9 Å². The summed E-state index contributed by atoms with van der Waals surface area (Å²) in [6.07, 6.45) is 2.75. The minimum absolute atomic E-state index is 0.00783. The van der Waals surface area contributed by atoms with E-state index in [1.54, 1.807) is 13.3 Å². The molecule has 40 heavy (non-hydrogen) atoms. The van der Waals surface area contributed by atoms with Gasteiger partial charge in [-0.15, -0.1) is 0 Å². The van der Waals surface area contributed by atoms with Crippen molar-refractivity contribution in [3.05, 3.63) is 108 Å². The lowest BCUT2D eigenvalue weighted by molar-refractivity contribution is 0.0573. The minimum atomic E-state index is -1.98. The van der Waals surface area contributed by atoms with Crippen molar-refractivity contribution < 1.29 is 13.9 Å². The number of aromatic nitrogens is 2. The Balaban J connectivity index is 1.53. The highest BCUT2D eigenvalue weighted by molar-refractivity contribution is 6.80. The van der Waals surface area contributed by atoms with E-state index >= 15 is 0 Å². The van der Waals surface area contributed by atoms with E-state index in [2.05, 4.69) is 104 Å². The molecule has 0 saturated heterocycles. The summed E-state index contributed by atoms with van der Waals surface area (Å²) in [5, 5.41) is 2.57. The predicted octanol–water partition coefficient (Wildman–Crippen LogP) is 5.41. The van der Waals surface area contributed by atoms with Crippen LogP contribution in [0.5, 0.6) is 11.5 Å². The van der Waals surface area contributed by atoms with Gasteiger partial charge in [-0.05, 0) is 48.0 Å². The standard InChI is InChI=1S/C34H40N2O3Si/c1-24-31(22-35-25(2)36-24)38-23-34(28-19-13-14-20-30(28)37-6)21-29(34)32(33(3,4)5)39-40(26-15-9-7-10-16-26)27-17-11-8-12-18-27/h7-20,22,29,32,40H,21,23H2,1-6H3/t29-,32?,34+/m0/s1. The maximum absolute atomic E-state index is 7.37. The quantitative estimate of drug-likeness (QED) is 0.246. The lowest BCUT2D eigenvalue weighted by Gasteiger charge is -2.37. The van der Waals surface area contributed by atoms with E-state index in [1.165, 1.54) is 15.9 Å². The van der Waals surface area contributed by atoms with Crippen LogP contribution in [0.4, 0.5) is 0 Å². The van der Waals surface area contributed by atoms with Gasteiger partial charge in [0.25, 0.3) is 0 Å². The molecule has 5 rings (SSSR count). The van der Waals surface area contributed by atoms with E-state index in [9.17, 15) is 0 Å². The molecule has 1 saturated carbocycles. The Morgan fingerprint density at radius 2 is 1.48 bits per heavy atom. The third-order valence-electron chi connectivity index (χ3n) is 8.02. The molecule has 1 heterocycles. The molecule has 1 fully saturated rings. The van der Waals surface area contributed by atoms with E-state index in [0.717, 1.165) is 29.4 Å². The highest BCUT2D eigenvalue weighted by Gasteiger charge is 2.63. The molecule has 1 unspecified atom stereocenters. The topological polar surface area (TPSA) is 53.5 Å². The SMILES string of the molecule is COc1ccccc1[C@]1(COc2cnc(C)nc2C)C[C@H]1C(O[SiH](c1ccccc1)c1ccccc1)C(C)(C)C. The zero-order valence-corrected chi connectivity index (χ0v) is 25.6. The number of hydrogen-bond donors (Lipinski definition) is 0. The molecular weight excluding hydrogens is 512 g/mol. The van der Waals surface area contributed by atoms with Crippen LogP contribution in [0.2, 0.25) is 0 Å². The maximum Gasteiger partial charge on any atom is 0.240 e. The van der Waals surface area contributed by atoms with Gasteiger partial charge in [0.1, 0.15) is 11.6 Å². The van der Waals surface area contributed by atoms with Crippen LogP contribution in [0.3, 0.4) is 0 Å². The number of para-hydroxylation sites is 1. The summed E-state index contributed by atoms with van der Waals surface area (Å²) in [5.74, 6) is 2.60. The Morgan fingerprint density at radius 3 is 2.05 bits per heavy atom. The molecule has 0 radical (unpaired) electrons. The van der Waals surface area contributed by atoms with Gasteiger partial charge < -0.3 is 13.9 Å². The second-order valence-electron chi connectivity index (χ2n) is 11.9. The van der Waals surface area contributed by atoms with Crippen LogP contribution in [0.25, 0.3) is 0 Å². The summed E-state index contributed by atoms with van der Waals surface area (Å²) >= 11 is 0. The average Bonchev–Trinajstić information content (AvgIpc) is 3.67. The first kappa shape index (κ1) is 28.1. The molecule has 3 aromatic carbocycles. The summed E-state index contributed by atoms with van der Waals surface area (Å²) in [6.45, 7) is 11.3. The summed E-state index contributed by atoms with van der Waals surface area (Å²) < 4.78 is 19.8. The average molecular weight is 553 g/mol. The Bertz CT molecular complexity index is 1380. The number of ether oxygens (including phenoxy) is 2. The number of rotatable bonds is 10. The second-order valence-corrected chi connectivity index (χ2v) is 14.3. The molecule has 1 aliphatic carbocycles. The van der Waals surface area contributed by atoms with Crippen molar-refractivity contribution in [2.45, 2.75) is 52.6 Å².